The fourth-order valence-corrected chi connectivity index (χ4v) is 3.25. The highest BCUT2D eigenvalue weighted by Gasteiger charge is 2.24. The van der Waals surface area contributed by atoms with Gasteiger partial charge in [-0.15, -0.1) is 0 Å². The minimum Gasteiger partial charge on any atom is -0.497 e. The van der Waals surface area contributed by atoms with Crippen molar-refractivity contribution in [3.05, 3.63) is 41.5 Å². The fraction of sp³-hybridized carbons (Fsp3) is 0.429. The number of carbonyl (C=O) groups excluding carboxylic acids is 2. The molecule has 2 aromatic rings. The number of Topliss-reactive ketones (excluding diaryl/α,β-unsaturated/α-hetero) is 1. The maximum absolute atomic E-state index is 12.2. The quantitative estimate of drug-likeness (QED) is 0.778. The summed E-state index contributed by atoms with van der Waals surface area (Å²) in [4.78, 5) is 24.2. The molecule has 0 saturated heterocycles. The van der Waals surface area contributed by atoms with Gasteiger partial charge in [0.2, 0.25) is 5.91 Å². The van der Waals surface area contributed by atoms with Gasteiger partial charge in [-0.25, -0.2) is 0 Å². The number of methoxy groups -OCH3 is 1. The van der Waals surface area contributed by atoms with E-state index in [1.54, 1.807) is 7.11 Å². The van der Waals surface area contributed by atoms with E-state index >= 15 is 0 Å². The van der Waals surface area contributed by atoms with Crippen molar-refractivity contribution in [2.75, 3.05) is 13.7 Å². The predicted molar refractivity (Wildman–Crippen MR) is 99.2 cm³/mol. The Kier molecular flexibility index (Phi) is 5.37. The lowest BCUT2D eigenvalue weighted by Gasteiger charge is -2.24. The first-order valence-corrected chi connectivity index (χ1v) is 9.04. The SMILES string of the molecule is CCC(=O)c1cc(CCNC(=O)C2CCC2)c2cc(OC)ccc2c1. The average Bonchev–Trinajstić information content (AvgIpc) is 2.58. The van der Waals surface area contributed by atoms with E-state index in [1.807, 2.05) is 37.3 Å². The summed E-state index contributed by atoms with van der Waals surface area (Å²) in [6.45, 7) is 2.46. The molecule has 1 N–H and O–H groups in total. The van der Waals surface area contributed by atoms with Crippen molar-refractivity contribution < 1.29 is 14.3 Å². The van der Waals surface area contributed by atoms with Gasteiger partial charge in [-0.05, 0) is 59.9 Å². The molecule has 1 saturated carbocycles. The maximum Gasteiger partial charge on any atom is 0.223 e. The van der Waals surface area contributed by atoms with Crippen LogP contribution in [0.15, 0.2) is 30.3 Å². The number of rotatable bonds is 7. The van der Waals surface area contributed by atoms with Crippen molar-refractivity contribution in [2.24, 2.45) is 5.92 Å². The highest BCUT2D eigenvalue weighted by Crippen LogP contribution is 2.28. The van der Waals surface area contributed by atoms with Crippen molar-refractivity contribution in [3.63, 3.8) is 0 Å². The molecular formula is C21H25NO3. The third-order valence-corrected chi connectivity index (χ3v) is 5.06. The van der Waals surface area contributed by atoms with Crippen molar-refractivity contribution in [1.29, 1.82) is 0 Å². The monoisotopic (exact) mass is 339 g/mol. The van der Waals surface area contributed by atoms with Gasteiger partial charge in [0.15, 0.2) is 5.78 Å². The Morgan fingerprint density at radius 3 is 2.64 bits per heavy atom. The molecule has 1 aliphatic rings. The zero-order valence-corrected chi connectivity index (χ0v) is 14.9. The molecule has 0 atom stereocenters. The number of fused-ring (bicyclic) bond motifs is 1. The van der Waals surface area contributed by atoms with Gasteiger partial charge in [0.05, 0.1) is 7.11 Å². The van der Waals surface area contributed by atoms with E-state index in [0.717, 1.165) is 46.9 Å². The molecule has 25 heavy (non-hydrogen) atoms. The highest BCUT2D eigenvalue weighted by atomic mass is 16.5. The Morgan fingerprint density at radius 1 is 1.20 bits per heavy atom. The summed E-state index contributed by atoms with van der Waals surface area (Å²) in [6, 6.07) is 9.79. The van der Waals surface area contributed by atoms with Crippen LogP contribution in [0.2, 0.25) is 0 Å². The van der Waals surface area contributed by atoms with E-state index in [0.29, 0.717) is 19.4 Å². The Morgan fingerprint density at radius 2 is 2.00 bits per heavy atom. The molecule has 1 amide bonds. The summed E-state index contributed by atoms with van der Waals surface area (Å²) in [6.07, 6.45) is 4.36. The van der Waals surface area contributed by atoms with Gasteiger partial charge in [-0.2, -0.15) is 0 Å². The second kappa shape index (κ2) is 7.68. The van der Waals surface area contributed by atoms with Crippen LogP contribution < -0.4 is 10.1 Å². The summed E-state index contributed by atoms with van der Waals surface area (Å²) in [5.74, 6) is 1.29. The molecule has 0 spiro atoms. The summed E-state index contributed by atoms with van der Waals surface area (Å²) in [5, 5.41) is 5.14. The molecule has 0 unspecified atom stereocenters. The standard InChI is InChI=1S/C21H25NO3/c1-3-20(23)17-11-15-7-8-18(25-2)13-19(15)16(12-17)9-10-22-21(24)14-5-4-6-14/h7-8,11-14H,3-6,9-10H2,1-2H3,(H,22,24). The van der Waals surface area contributed by atoms with E-state index in [-0.39, 0.29) is 17.6 Å². The number of hydrogen-bond acceptors (Lipinski definition) is 3. The van der Waals surface area contributed by atoms with Crippen LogP contribution in [0.25, 0.3) is 10.8 Å². The van der Waals surface area contributed by atoms with E-state index < -0.39 is 0 Å². The molecular weight excluding hydrogens is 314 g/mol. The molecule has 1 fully saturated rings. The molecule has 1 aliphatic carbocycles. The summed E-state index contributed by atoms with van der Waals surface area (Å²) in [5.41, 5.74) is 1.81. The number of ketones is 1. The Labute approximate surface area is 148 Å². The van der Waals surface area contributed by atoms with Gasteiger partial charge < -0.3 is 10.1 Å². The molecule has 3 rings (SSSR count). The third-order valence-electron chi connectivity index (χ3n) is 5.06. The third kappa shape index (κ3) is 3.84. The molecule has 0 aliphatic heterocycles. The molecule has 0 radical (unpaired) electrons. The number of hydrogen-bond donors (Lipinski definition) is 1. The minimum absolute atomic E-state index is 0.137. The van der Waals surface area contributed by atoms with Crippen LogP contribution in [-0.4, -0.2) is 25.3 Å². The lowest BCUT2D eigenvalue weighted by atomic mass is 9.85. The smallest absolute Gasteiger partial charge is 0.223 e. The summed E-state index contributed by atoms with van der Waals surface area (Å²) < 4.78 is 5.34. The maximum atomic E-state index is 12.2. The van der Waals surface area contributed by atoms with Gasteiger partial charge in [0.1, 0.15) is 5.75 Å². The molecule has 0 bridgehead atoms. The van der Waals surface area contributed by atoms with Crippen molar-refractivity contribution in [3.8, 4) is 5.75 Å². The summed E-state index contributed by atoms with van der Waals surface area (Å²) >= 11 is 0. The van der Waals surface area contributed by atoms with E-state index in [2.05, 4.69) is 5.32 Å². The molecule has 4 nitrogen and oxygen atoms in total. The Bertz CT molecular complexity index is 793. The first kappa shape index (κ1) is 17.5. The van der Waals surface area contributed by atoms with Crippen molar-refractivity contribution in [1.82, 2.24) is 5.32 Å². The van der Waals surface area contributed by atoms with Crippen LogP contribution in [-0.2, 0) is 11.2 Å². The van der Waals surface area contributed by atoms with Crippen LogP contribution in [0, 0.1) is 5.92 Å². The summed E-state index contributed by atoms with van der Waals surface area (Å²) in [7, 11) is 1.65. The minimum atomic E-state index is 0.137. The normalized spacial score (nSPS) is 14.2. The zero-order chi connectivity index (χ0) is 17.8. The number of nitrogens with one attached hydrogen (secondary N) is 1. The molecule has 132 valence electrons. The van der Waals surface area contributed by atoms with Gasteiger partial charge in [-0.3, -0.25) is 9.59 Å². The first-order valence-electron chi connectivity index (χ1n) is 9.04. The first-order chi connectivity index (χ1) is 12.1. The number of carbonyl (C=O) groups is 2. The van der Waals surface area contributed by atoms with Gasteiger partial charge in [0, 0.05) is 24.4 Å². The Hall–Kier alpha value is -2.36. The number of benzene rings is 2. The Balaban J connectivity index is 1.84. The van der Waals surface area contributed by atoms with Crippen molar-refractivity contribution >= 4 is 22.5 Å². The lowest BCUT2D eigenvalue weighted by Crippen LogP contribution is -2.35. The number of ether oxygens (including phenoxy) is 1. The van der Waals surface area contributed by atoms with E-state index in [9.17, 15) is 9.59 Å². The molecule has 0 heterocycles. The van der Waals surface area contributed by atoms with Gasteiger partial charge >= 0.3 is 0 Å². The zero-order valence-electron chi connectivity index (χ0n) is 14.9. The van der Waals surface area contributed by atoms with Crippen LogP contribution in [0.4, 0.5) is 0 Å². The van der Waals surface area contributed by atoms with E-state index in [4.69, 9.17) is 4.74 Å². The van der Waals surface area contributed by atoms with Crippen LogP contribution in [0.3, 0.4) is 0 Å². The van der Waals surface area contributed by atoms with Crippen LogP contribution in [0.1, 0.15) is 48.5 Å². The van der Waals surface area contributed by atoms with Gasteiger partial charge in [-0.1, -0.05) is 19.4 Å². The topological polar surface area (TPSA) is 55.4 Å². The largest absolute Gasteiger partial charge is 0.497 e. The predicted octanol–water partition coefficient (Wildman–Crippen LogP) is 3.90. The number of amides is 1. The average molecular weight is 339 g/mol. The van der Waals surface area contributed by atoms with E-state index in [1.165, 1.54) is 0 Å². The second-order valence-corrected chi connectivity index (χ2v) is 6.67. The molecule has 2 aromatic carbocycles. The lowest BCUT2D eigenvalue weighted by molar-refractivity contribution is -0.127. The molecule has 0 aromatic heterocycles. The van der Waals surface area contributed by atoms with Gasteiger partial charge in [0.25, 0.3) is 0 Å². The molecule has 4 heteroatoms. The fourth-order valence-electron chi connectivity index (χ4n) is 3.25. The second-order valence-electron chi connectivity index (χ2n) is 6.67. The van der Waals surface area contributed by atoms with Crippen LogP contribution >= 0.6 is 0 Å². The van der Waals surface area contributed by atoms with Crippen LogP contribution in [0.5, 0.6) is 5.75 Å². The highest BCUT2D eigenvalue weighted by molar-refractivity contribution is 6.01. The van der Waals surface area contributed by atoms with Crippen molar-refractivity contribution in [2.45, 2.75) is 39.0 Å².